The van der Waals surface area contributed by atoms with Gasteiger partial charge in [0, 0.05) is 32.5 Å². The Bertz CT molecular complexity index is 1320. The molecule has 67 heavy (non-hydrogen) atoms. The van der Waals surface area contributed by atoms with E-state index in [4.69, 9.17) is 18.8 Å². The maximum atomic E-state index is 12.8. The van der Waals surface area contributed by atoms with Crippen LogP contribution in [0, 0.1) is 0 Å². The summed E-state index contributed by atoms with van der Waals surface area (Å²) >= 11 is 0. The molecule has 0 saturated carbocycles. The van der Waals surface area contributed by atoms with E-state index in [-0.39, 0.29) is 111 Å². The topological polar surface area (TPSA) is 218 Å². The zero-order valence-electron chi connectivity index (χ0n) is 42.3. The maximum Gasteiger partial charge on any atom is 1.00 e. The van der Waals surface area contributed by atoms with E-state index in [2.05, 4.69) is 47.7 Å². The number of unbranched alkanes of at least 4 members (excludes halogenated alkanes) is 22. The van der Waals surface area contributed by atoms with Crippen molar-refractivity contribution in [2.24, 2.45) is 0 Å². The summed E-state index contributed by atoms with van der Waals surface area (Å²) in [5.41, 5.74) is 0. The molecule has 0 unspecified atom stereocenters. The first-order chi connectivity index (χ1) is 31.4. The van der Waals surface area contributed by atoms with Gasteiger partial charge in [0.25, 0.3) is 0 Å². The number of likely N-dealkylation sites (tertiary alicyclic amines) is 1. The molecule has 1 heterocycles. The molecule has 0 radical (unpaired) electrons. The Morgan fingerprint density at radius 1 is 0.642 bits per heavy atom. The van der Waals surface area contributed by atoms with Crippen LogP contribution in [0.1, 0.15) is 200 Å². The van der Waals surface area contributed by atoms with Crippen LogP contribution in [0.3, 0.4) is 0 Å². The first-order valence-corrected chi connectivity index (χ1v) is 26.7. The van der Waals surface area contributed by atoms with Crippen LogP contribution >= 0.6 is 0 Å². The molecule has 1 aliphatic heterocycles. The fourth-order valence-corrected chi connectivity index (χ4v) is 8.39. The molecule has 0 aromatic rings. The van der Waals surface area contributed by atoms with Crippen LogP contribution < -0.4 is 64.4 Å². The average Bonchev–Trinajstić information content (AvgIpc) is 3.27. The molecule has 0 aromatic heterocycles. The van der Waals surface area contributed by atoms with Crippen molar-refractivity contribution in [3.8, 4) is 0 Å². The fourth-order valence-electron chi connectivity index (χ4n) is 7.86. The molecule has 1 rings (SSSR count). The third-order valence-corrected chi connectivity index (χ3v) is 12.2. The normalized spacial score (nSPS) is 17.7. The van der Waals surface area contributed by atoms with Gasteiger partial charge in [-0.2, -0.15) is 8.42 Å². The van der Waals surface area contributed by atoms with E-state index < -0.39 is 65.5 Å². The second-order valence-corrected chi connectivity index (χ2v) is 18.7. The standard InChI is InChI=1S/C49H90N2O13S.2Na/c1-3-5-7-9-11-13-15-17-19-21-23-25-27-29-31-34-45(54)61-40-42(41-62-46(55)35-32-30-28-26-24-22-20-18-16-14-12-10-8-6-4-2)63-49(57)50-36-33-37-51-38-44(53)48(64-65(58,59)60)47(56)43(51)39-52;;/h17-20,42-44,47-48,52-53,56H,3-16,21-41H2,1-2H3,(H,50,57)(H,58,59,60);;/q;2*+1/b19-17-,20-18-;;/t43-,44+,47-,48-;;/m1../s1. The SMILES string of the molecule is CCCCCCCC/C=C\CCCCCCCC(=O)OCC(COC(=O)CCCCCCC/C=C\CCCCCCCC)OC(=O)NCCCN1C[C@H](O)[C@@H](OS(=O)(=O)O)[C@H](O)[C@H]1CO.[Na+].[Na+]. The molecule has 1 aliphatic rings. The van der Waals surface area contributed by atoms with Crippen molar-refractivity contribution in [3.63, 3.8) is 0 Å². The summed E-state index contributed by atoms with van der Waals surface area (Å²) in [7, 11) is -4.97. The van der Waals surface area contributed by atoms with Gasteiger partial charge in [-0.05, 0) is 70.6 Å². The van der Waals surface area contributed by atoms with Crippen molar-refractivity contribution >= 4 is 28.4 Å². The minimum atomic E-state index is -4.97. The predicted octanol–water partition coefficient (Wildman–Crippen LogP) is 3.23. The second kappa shape index (κ2) is 46.5. The predicted molar refractivity (Wildman–Crippen MR) is 255 cm³/mol. The molecular weight excluding hydrogens is 903 g/mol. The molecule has 1 fully saturated rings. The molecule has 15 nitrogen and oxygen atoms in total. The number of piperidine rings is 1. The molecule has 0 aromatic carbocycles. The van der Waals surface area contributed by atoms with Gasteiger partial charge in [0.05, 0.1) is 18.8 Å². The third-order valence-electron chi connectivity index (χ3n) is 11.7. The molecule has 4 atom stereocenters. The Hall–Kier alpha value is -0.600. The summed E-state index contributed by atoms with van der Waals surface area (Å²) in [6.45, 7) is 3.37. The number of aliphatic hydroxyl groups is 3. The second-order valence-electron chi connectivity index (χ2n) is 17.6. The molecule has 18 heteroatoms. The number of carbonyl (C=O) groups excluding carboxylic acids is 3. The van der Waals surface area contributed by atoms with Crippen molar-refractivity contribution in [1.29, 1.82) is 0 Å². The minimum Gasteiger partial charge on any atom is -0.462 e. The number of nitrogens with one attached hydrogen (secondary N) is 1. The summed E-state index contributed by atoms with van der Waals surface area (Å²) in [6.07, 6.45) is 33.0. The van der Waals surface area contributed by atoms with E-state index in [0.717, 1.165) is 77.0 Å². The van der Waals surface area contributed by atoms with Gasteiger partial charge in [0.1, 0.15) is 25.4 Å². The van der Waals surface area contributed by atoms with Crippen molar-refractivity contribution in [1.82, 2.24) is 10.2 Å². The zero-order valence-corrected chi connectivity index (χ0v) is 47.1. The van der Waals surface area contributed by atoms with E-state index in [1.807, 2.05) is 0 Å². The van der Waals surface area contributed by atoms with E-state index in [9.17, 15) is 38.1 Å². The Kier molecular flexibility index (Phi) is 47.5. The van der Waals surface area contributed by atoms with E-state index >= 15 is 0 Å². The van der Waals surface area contributed by atoms with E-state index in [0.29, 0.717) is 12.8 Å². The summed E-state index contributed by atoms with van der Waals surface area (Å²) in [6, 6.07) is -1.01. The van der Waals surface area contributed by atoms with Crippen molar-refractivity contribution in [2.75, 3.05) is 39.5 Å². The van der Waals surface area contributed by atoms with Crippen LogP contribution in [0.2, 0.25) is 0 Å². The first-order valence-electron chi connectivity index (χ1n) is 25.3. The summed E-state index contributed by atoms with van der Waals surface area (Å²) < 4.78 is 52.2. The van der Waals surface area contributed by atoms with Crippen LogP contribution in [-0.2, 0) is 38.4 Å². The Labute approximate surface area is 449 Å². The Balaban J connectivity index is 0. The van der Waals surface area contributed by atoms with Gasteiger partial charge in [0.2, 0.25) is 0 Å². The fraction of sp³-hybridized carbons (Fsp3) is 0.857. The van der Waals surface area contributed by atoms with Gasteiger partial charge < -0.3 is 34.8 Å². The number of aliphatic hydroxyl groups excluding tert-OH is 3. The number of carbonyl (C=O) groups is 3. The molecule has 1 amide bonds. The minimum absolute atomic E-state index is 0. The van der Waals surface area contributed by atoms with Crippen molar-refractivity contribution in [3.05, 3.63) is 24.3 Å². The summed E-state index contributed by atoms with van der Waals surface area (Å²) in [5, 5.41) is 33.3. The van der Waals surface area contributed by atoms with Gasteiger partial charge in [-0.3, -0.25) is 19.0 Å². The number of rotatable bonds is 42. The molecule has 5 N–H and O–H groups in total. The van der Waals surface area contributed by atoms with Gasteiger partial charge in [-0.15, -0.1) is 0 Å². The molecular formula is C49H90N2Na2O13S+2. The van der Waals surface area contributed by atoms with Crippen molar-refractivity contribution in [2.45, 2.75) is 231 Å². The summed E-state index contributed by atoms with van der Waals surface area (Å²) in [4.78, 5) is 39.5. The van der Waals surface area contributed by atoms with Gasteiger partial charge in [-0.1, -0.05) is 141 Å². The van der Waals surface area contributed by atoms with E-state index in [1.54, 1.807) is 0 Å². The average molecular weight is 993 g/mol. The Morgan fingerprint density at radius 2 is 1.04 bits per heavy atom. The largest absolute Gasteiger partial charge is 1.00 e. The Morgan fingerprint density at radius 3 is 1.45 bits per heavy atom. The van der Waals surface area contributed by atoms with Crippen LogP contribution in [0.15, 0.2) is 24.3 Å². The zero-order chi connectivity index (χ0) is 47.8. The smallest absolute Gasteiger partial charge is 0.462 e. The van der Waals surface area contributed by atoms with Crippen LogP contribution in [0.25, 0.3) is 0 Å². The number of hydrogen-bond acceptors (Lipinski definition) is 13. The number of amides is 1. The number of β-amino-alcohol motifs (C(OH)–C–C–N with tert-alkyl or cyclic N) is 1. The monoisotopic (exact) mass is 993 g/mol. The number of ether oxygens (including phenoxy) is 3. The maximum absolute atomic E-state index is 12.8. The van der Waals surface area contributed by atoms with E-state index in [1.165, 1.54) is 81.9 Å². The molecule has 380 valence electrons. The molecule has 0 spiro atoms. The quantitative estimate of drug-likeness (QED) is 0.0148. The van der Waals surface area contributed by atoms with Crippen LogP contribution in [0.5, 0.6) is 0 Å². The number of alkyl carbamates (subject to hydrolysis) is 1. The number of allylic oxidation sites excluding steroid dienone is 4. The van der Waals surface area contributed by atoms with Gasteiger partial charge in [0.15, 0.2) is 6.10 Å². The number of nitrogens with zero attached hydrogens (tertiary/aromatic N) is 1. The van der Waals surface area contributed by atoms with Crippen LogP contribution in [0.4, 0.5) is 4.79 Å². The summed E-state index contributed by atoms with van der Waals surface area (Å²) in [5.74, 6) is -0.852. The van der Waals surface area contributed by atoms with Crippen molar-refractivity contribution < 1.29 is 120 Å². The van der Waals surface area contributed by atoms with Gasteiger partial charge in [-0.25, -0.2) is 8.98 Å². The molecule has 1 saturated heterocycles. The molecule has 0 aliphatic carbocycles. The van der Waals surface area contributed by atoms with Gasteiger partial charge >= 0.3 is 87.5 Å². The van der Waals surface area contributed by atoms with Crippen LogP contribution in [-0.4, -0.2) is 121 Å². The molecule has 0 bridgehead atoms. The third kappa shape index (κ3) is 39.7. The first kappa shape index (κ1) is 68.5. The number of esters is 2. The number of hydrogen-bond donors (Lipinski definition) is 5.